The SMILES string of the molecule is C=CCC1(C(=O)OCC)CN(C(=O)OC(C)(C)C)CCC1(NC(C)=O)C(=O)NC(C)(C)C. The highest BCUT2D eigenvalue weighted by Gasteiger charge is 2.65. The number of rotatable bonds is 6. The molecule has 2 N–H and O–H groups in total. The van der Waals surface area contributed by atoms with Gasteiger partial charge in [0.2, 0.25) is 11.8 Å². The fourth-order valence-electron chi connectivity index (χ4n) is 3.96. The molecule has 0 bridgehead atoms. The van der Waals surface area contributed by atoms with Gasteiger partial charge < -0.3 is 25.0 Å². The molecule has 1 rings (SSSR count). The number of esters is 1. The molecule has 0 saturated carbocycles. The molecule has 9 heteroatoms. The second kappa shape index (κ2) is 9.92. The largest absolute Gasteiger partial charge is 0.465 e. The quantitative estimate of drug-likeness (QED) is 0.472. The molecule has 0 aromatic carbocycles. The molecule has 182 valence electrons. The monoisotopic (exact) mass is 453 g/mol. The van der Waals surface area contributed by atoms with Crippen molar-refractivity contribution in [2.75, 3.05) is 19.7 Å². The summed E-state index contributed by atoms with van der Waals surface area (Å²) >= 11 is 0. The van der Waals surface area contributed by atoms with Crippen LogP contribution in [-0.2, 0) is 23.9 Å². The van der Waals surface area contributed by atoms with Crippen LogP contribution in [0.3, 0.4) is 0 Å². The van der Waals surface area contributed by atoms with Crippen LogP contribution < -0.4 is 10.6 Å². The van der Waals surface area contributed by atoms with E-state index in [2.05, 4.69) is 17.2 Å². The van der Waals surface area contributed by atoms with Gasteiger partial charge in [0.1, 0.15) is 16.6 Å². The van der Waals surface area contributed by atoms with Crippen molar-refractivity contribution >= 4 is 23.9 Å². The van der Waals surface area contributed by atoms with Gasteiger partial charge in [-0.1, -0.05) is 6.08 Å². The van der Waals surface area contributed by atoms with Gasteiger partial charge in [0, 0.05) is 25.6 Å². The molecule has 1 fully saturated rings. The van der Waals surface area contributed by atoms with Crippen molar-refractivity contribution in [1.29, 1.82) is 0 Å². The lowest BCUT2D eigenvalue weighted by Crippen LogP contribution is -2.76. The van der Waals surface area contributed by atoms with Gasteiger partial charge in [0.15, 0.2) is 0 Å². The zero-order valence-electron chi connectivity index (χ0n) is 20.7. The van der Waals surface area contributed by atoms with Crippen LogP contribution in [-0.4, -0.2) is 65.2 Å². The Morgan fingerprint density at radius 2 is 1.72 bits per heavy atom. The average molecular weight is 454 g/mol. The summed E-state index contributed by atoms with van der Waals surface area (Å²) in [5.41, 5.74) is -4.61. The Balaban J connectivity index is 3.68. The third-order valence-corrected chi connectivity index (χ3v) is 5.11. The van der Waals surface area contributed by atoms with Crippen molar-refractivity contribution in [2.45, 2.75) is 84.9 Å². The molecule has 1 saturated heterocycles. The minimum atomic E-state index is -1.65. The van der Waals surface area contributed by atoms with E-state index in [9.17, 15) is 19.2 Å². The topological polar surface area (TPSA) is 114 Å². The number of allylic oxidation sites excluding steroid dienone is 1. The van der Waals surface area contributed by atoms with Crippen molar-refractivity contribution < 1.29 is 28.7 Å². The van der Waals surface area contributed by atoms with Gasteiger partial charge in [-0.2, -0.15) is 0 Å². The number of hydrogen-bond acceptors (Lipinski definition) is 6. The molecule has 1 aliphatic rings. The number of nitrogens with one attached hydrogen (secondary N) is 2. The van der Waals surface area contributed by atoms with E-state index in [4.69, 9.17) is 9.47 Å². The van der Waals surface area contributed by atoms with Crippen LogP contribution in [0.15, 0.2) is 12.7 Å². The summed E-state index contributed by atoms with van der Waals surface area (Å²) < 4.78 is 10.9. The van der Waals surface area contributed by atoms with Gasteiger partial charge >= 0.3 is 12.1 Å². The highest BCUT2D eigenvalue weighted by atomic mass is 16.6. The van der Waals surface area contributed by atoms with Crippen molar-refractivity contribution in [2.24, 2.45) is 5.41 Å². The zero-order valence-corrected chi connectivity index (χ0v) is 20.7. The molecule has 0 aliphatic carbocycles. The molecule has 3 amide bonds. The number of piperidine rings is 1. The molecule has 9 nitrogen and oxygen atoms in total. The fourth-order valence-corrected chi connectivity index (χ4v) is 3.96. The lowest BCUT2D eigenvalue weighted by atomic mass is 9.62. The van der Waals surface area contributed by atoms with E-state index in [-0.39, 0.29) is 32.5 Å². The predicted octanol–water partition coefficient (Wildman–Crippen LogP) is 2.54. The van der Waals surface area contributed by atoms with E-state index in [1.54, 1.807) is 27.7 Å². The van der Waals surface area contributed by atoms with Crippen LogP contribution in [0.4, 0.5) is 4.79 Å². The Labute approximate surface area is 191 Å². The maximum Gasteiger partial charge on any atom is 0.410 e. The molecule has 0 aromatic heterocycles. The molecule has 0 spiro atoms. The maximum absolute atomic E-state index is 13.7. The fraction of sp³-hybridized carbons (Fsp3) is 0.739. The summed E-state index contributed by atoms with van der Waals surface area (Å²) in [6.45, 7) is 17.4. The summed E-state index contributed by atoms with van der Waals surface area (Å²) in [7, 11) is 0. The van der Waals surface area contributed by atoms with Gasteiger partial charge in [0.05, 0.1) is 6.61 Å². The molecule has 1 heterocycles. The molecule has 0 aromatic rings. The minimum absolute atomic E-state index is 0.000387. The standard InChI is InChI=1S/C23H39N3O6/c1-10-12-22(18(29)31-11-2)15-26(19(30)32-21(7,8)9)14-13-23(22,24-16(3)27)17(28)25-20(4,5)6/h10H,1,11-15H2,2-9H3,(H,24,27)(H,25,28). The van der Waals surface area contributed by atoms with Gasteiger partial charge in [-0.25, -0.2) is 4.79 Å². The first kappa shape index (κ1) is 27.5. The highest BCUT2D eigenvalue weighted by molar-refractivity contribution is 5.99. The Hall–Kier alpha value is -2.58. The molecular weight excluding hydrogens is 414 g/mol. The summed E-state index contributed by atoms with van der Waals surface area (Å²) in [5, 5.41) is 5.66. The molecule has 2 unspecified atom stereocenters. The Morgan fingerprint density at radius 1 is 1.12 bits per heavy atom. The highest BCUT2D eigenvalue weighted by Crippen LogP contribution is 2.45. The number of nitrogens with zero attached hydrogens (tertiary/aromatic N) is 1. The number of likely N-dealkylation sites (tertiary alicyclic amines) is 1. The molecule has 2 atom stereocenters. The van der Waals surface area contributed by atoms with E-state index in [0.717, 1.165) is 0 Å². The first-order valence-electron chi connectivity index (χ1n) is 10.9. The van der Waals surface area contributed by atoms with Gasteiger partial charge in [-0.15, -0.1) is 6.58 Å². The second-order valence-electron chi connectivity index (χ2n) is 10.2. The summed E-state index contributed by atoms with van der Waals surface area (Å²) in [6, 6.07) is 0. The van der Waals surface area contributed by atoms with Crippen LogP contribution in [0.5, 0.6) is 0 Å². The summed E-state index contributed by atoms with van der Waals surface area (Å²) in [6.07, 6.45) is 0.891. The number of carbonyl (C=O) groups excluding carboxylic acids is 4. The average Bonchev–Trinajstić information content (AvgIpc) is 2.60. The molecule has 1 aliphatic heterocycles. The maximum atomic E-state index is 13.7. The van der Waals surface area contributed by atoms with Crippen LogP contribution in [0.2, 0.25) is 0 Å². The first-order chi connectivity index (χ1) is 14.5. The molecule has 32 heavy (non-hydrogen) atoms. The molecule has 0 radical (unpaired) electrons. The minimum Gasteiger partial charge on any atom is -0.465 e. The third kappa shape index (κ3) is 6.23. The predicted molar refractivity (Wildman–Crippen MR) is 121 cm³/mol. The van der Waals surface area contributed by atoms with Crippen molar-refractivity contribution in [1.82, 2.24) is 15.5 Å². The van der Waals surface area contributed by atoms with Crippen LogP contribution in [0.25, 0.3) is 0 Å². The second-order valence-corrected chi connectivity index (χ2v) is 10.2. The van der Waals surface area contributed by atoms with Gasteiger partial charge in [0.25, 0.3) is 0 Å². The van der Waals surface area contributed by atoms with Crippen molar-refractivity contribution in [3.8, 4) is 0 Å². The molecular formula is C23H39N3O6. The van der Waals surface area contributed by atoms with E-state index in [1.165, 1.54) is 17.9 Å². The van der Waals surface area contributed by atoms with Crippen molar-refractivity contribution in [3.05, 3.63) is 12.7 Å². The smallest absolute Gasteiger partial charge is 0.410 e. The third-order valence-electron chi connectivity index (χ3n) is 5.11. The number of ether oxygens (including phenoxy) is 2. The van der Waals surface area contributed by atoms with Gasteiger partial charge in [-0.05, 0) is 61.3 Å². The summed E-state index contributed by atoms with van der Waals surface area (Å²) in [5.74, 6) is -1.68. The first-order valence-corrected chi connectivity index (χ1v) is 10.9. The van der Waals surface area contributed by atoms with Crippen LogP contribution >= 0.6 is 0 Å². The normalized spacial score (nSPS) is 23.7. The zero-order chi connectivity index (χ0) is 25.0. The van der Waals surface area contributed by atoms with E-state index in [0.29, 0.717) is 0 Å². The lowest BCUT2D eigenvalue weighted by molar-refractivity contribution is -0.173. The number of amides is 3. The van der Waals surface area contributed by atoms with E-state index < -0.39 is 46.0 Å². The van der Waals surface area contributed by atoms with Crippen LogP contribution in [0.1, 0.15) is 68.2 Å². The Kier molecular flexibility index (Phi) is 8.51. The van der Waals surface area contributed by atoms with Crippen molar-refractivity contribution in [3.63, 3.8) is 0 Å². The number of carbonyl (C=O) groups is 4. The summed E-state index contributed by atoms with van der Waals surface area (Å²) in [4.78, 5) is 53.7. The Morgan fingerprint density at radius 3 is 2.16 bits per heavy atom. The van der Waals surface area contributed by atoms with Crippen LogP contribution in [0, 0.1) is 5.41 Å². The van der Waals surface area contributed by atoms with E-state index >= 15 is 0 Å². The lowest BCUT2D eigenvalue weighted by Gasteiger charge is -2.53. The number of hydrogen-bond donors (Lipinski definition) is 2. The van der Waals surface area contributed by atoms with E-state index in [1.807, 2.05) is 20.8 Å². The Bertz CT molecular complexity index is 752. The van der Waals surface area contributed by atoms with Gasteiger partial charge in [-0.3, -0.25) is 14.4 Å².